The molecule has 142 valence electrons. The molecule has 0 spiro atoms. The first-order valence-corrected chi connectivity index (χ1v) is 9.76. The predicted molar refractivity (Wildman–Crippen MR) is 107 cm³/mol. The minimum Gasteiger partial charge on any atom is -0.496 e. The first-order valence-electron chi connectivity index (χ1n) is 8.40. The van der Waals surface area contributed by atoms with Crippen LogP contribution >= 0.6 is 23.4 Å². The molecule has 9 heteroatoms. The van der Waals surface area contributed by atoms with E-state index in [1.807, 2.05) is 54.1 Å². The smallest absolute Gasteiger partial charge is 0.249 e. The molecule has 0 amide bonds. The highest BCUT2D eigenvalue weighted by molar-refractivity contribution is 7.98. The van der Waals surface area contributed by atoms with E-state index < -0.39 is 0 Å². The molecule has 0 aliphatic heterocycles. The van der Waals surface area contributed by atoms with Gasteiger partial charge in [-0.1, -0.05) is 47.6 Å². The molecule has 0 saturated carbocycles. The maximum atomic E-state index is 6.18. The first kappa shape index (κ1) is 18.5. The van der Waals surface area contributed by atoms with Crippen molar-refractivity contribution in [3.63, 3.8) is 0 Å². The van der Waals surface area contributed by atoms with E-state index in [1.165, 1.54) is 11.8 Å². The van der Waals surface area contributed by atoms with Gasteiger partial charge in [0, 0.05) is 7.05 Å². The van der Waals surface area contributed by atoms with Crippen LogP contribution in [0.3, 0.4) is 0 Å². The molecule has 4 aromatic rings. The number of para-hydroxylation sites is 1. The number of hydrogen-bond acceptors (Lipinski definition) is 7. The summed E-state index contributed by atoms with van der Waals surface area (Å²) < 4.78 is 13.1. The van der Waals surface area contributed by atoms with Gasteiger partial charge in [0.25, 0.3) is 0 Å². The number of aromatic nitrogens is 5. The summed E-state index contributed by atoms with van der Waals surface area (Å²) in [4.78, 5) is 0. The molecule has 0 N–H and O–H groups in total. The minimum atomic E-state index is 0.397. The van der Waals surface area contributed by atoms with Crippen LogP contribution in [0.25, 0.3) is 22.8 Å². The van der Waals surface area contributed by atoms with Crippen molar-refractivity contribution in [2.75, 3.05) is 7.11 Å². The lowest BCUT2D eigenvalue weighted by Crippen LogP contribution is -1.97. The Morgan fingerprint density at radius 1 is 1.00 bits per heavy atom. The second kappa shape index (κ2) is 8.04. The van der Waals surface area contributed by atoms with Crippen molar-refractivity contribution >= 4 is 23.4 Å². The number of halogens is 1. The minimum absolute atomic E-state index is 0.397. The van der Waals surface area contributed by atoms with E-state index in [-0.39, 0.29) is 0 Å². The Labute approximate surface area is 170 Å². The third kappa shape index (κ3) is 3.61. The van der Waals surface area contributed by atoms with Crippen LogP contribution < -0.4 is 4.74 Å². The number of hydrogen-bond donors (Lipinski definition) is 0. The van der Waals surface area contributed by atoms with E-state index >= 15 is 0 Å². The highest BCUT2D eigenvalue weighted by Gasteiger charge is 2.17. The van der Waals surface area contributed by atoms with Crippen molar-refractivity contribution in [2.45, 2.75) is 10.9 Å². The van der Waals surface area contributed by atoms with Gasteiger partial charge < -0.3 is 13.7 Å². The summed E-state index contributed by atoms with van der Waals surface area (Å²) in [6.07, 6.45) is 0. The Kier molecular flexibility index (Phi) is 5.31. The fourth-order valence-corrected chi connectivity index (χ4v) is 3.65. The molecular formula is C19H16ClN5O2S. The van der Waals surface area contributed by atoms with Crippen LogP contribution in [0, 0.1) is 0 Å². The standard InChI is InChI=1S/C19H16ClN5O2S/c1-25-17(13-8-4-6-10-15(13)26-2)22-24-19(25)28-11-16-21-23-18(27-16)12-7-3-5-9-14(12)20/h3-10H,11H2,1-2H3. The molecule has 0 aliphatic rings. The van der Waals surface area contributed by atoms with Crippen LogP contribution in [0.5, 0.6) is 5.75 Å². The number of benzene rings is 2. The van der Waals surface area contributed by atoms with Crippen LogP contribution in [0.4, 0.5) is 0 Å². The van der Waals surface area contributed by atoms with E-state index in [0.717, 1.165) is 22.3 Å². The van der Waals surface area contributed by atoms with Gasteiger partial charge in [0.15, 0.2) is 11.0 Å². The lowest BCUT2D eigenvalue weighted by atomic mass is 10.2. The lowest BCUT2D eigenvalue weighted by Gasteiger charge is -2.07. The number of methoxy groups -OCH3 is 1. The largest absolute Gasteiger partial charge is 0.496 e. The molecular weight excluding hydrogens is 398 g/mol. The Hall–Kier alpha value is -2.84. The zero-order valence-electron chi connectivity index (χ0n) is 15.2. The Morgan fingerprint density at radius 2 is 1.75 bits per heavy atom. The molecule has 0 unspecified atom stereocenters. The zero-order chi connectivity index (χ0) is 19.5. The Morgan fingerprint density at radius 3 is 2.54 bits per heavy atom. The summed E-state index contributed by atoms with van der Waals surface area (Å²) in [5.41, 5.74) is 1.59. The van der Waals surface area contributed by atoms with Gasteiger partial charge in [-0.15, -0.1) is 20.4 Å². The van der Waals surface area contributed by atoms with Gasteiger partial charge in [0.05, 0.1) is 29.0 Å². The second-order valence-corrected chi connectivity index (χ2v) is 7.18. The monoisotopic (exact) mass is 413 g/mol. The highest BCUT2D eigenvalue weighted by Crippen LogP contribution is 2.31. The molecule has 0 fully saturated rings. The molecule has 2 aromatic carbocycles. The summed E-state index contributed by atoms with van der Waals surface area (Å²) in [5.74, 6) is 2.82. The van der Waals surface area contributed by atoms with Gasteiger partial charge in [-0.05, 0) is 24.3 Å². The van der Waals surface area contributed by atoms with Gasteiger partial charge in [0.2, 0.25) is 11.8 Å². The fourth-order valence-electron chi connectivity index (χ4n) is 2.69. The van der Waals surface area contributed by atoms with Gasteiger partial charge in [0.1, 0.15) is 5.75 Å². The molecule has 2 aromatic heterocycles. The number of nitrogens with zero attached hydrogens (tertiary/aromatic N) is 5. The third-order valence-corrected chi connectivity index (χ3v) is 5.41. The highest BCUT2D eigenvalue weighted by atomic mass is 35.5. The topological polar surface area (TPSA) is 78.9 Å². The van der Waals surface area contributed by atoms with E-state index in [4.69, 9.17) is 20.8 Å². The maximum Gasteiger partial charge on any atom is 0.249 e. The van der Waals surface area contributed by atoms with Crippen LogP contribution in [-0.4, -0.2) is 32.1 Å². The van der Waals surface area contributed by atoms with E-state index in [1.54, 1.807) is 13.2 Å². The van der Waals surface area contributed by atoms with E-state index in [9.17, 15) is 0 Å². The molecule has 0 aliphatic carbocycles. The van der Waals surface area contributed by atoms with Gasteiger partial charge in [-0.3, -0.25) is 0 Å². The van der Waals surface area contributed by atoms with E-state index in [0.29, 0.717) is 28.1 Å². The molecule has 0 radical (unpaired) electrons. The van der Waals surface area contributed by atoms with Gasteiger partial charge >= 0.3 is 0 Å². The summed E-state index contributed by atoms with van der Waals surface area (Å²) in [6, 6.07) is 15.1. The first-order chi connectivity index (χ1) is 13.7. The van der Waals surface area contributed by atoms with Crippen LogP contribution in [0.1, 0.15) is 5.89 Å². The van der Waals surface area contributed by atoms with E-state index in [2.05, 4.69) is 20.4 Å². The molecule has 4 rings (SSSR count). The molecule has 0 atom stereocenters. The average Bonchev–Trinajstić information content (AvgIpc) is 3.33. The molecule has 2 heterocycles. The Bertz CT molecular complexity index is 1110. The van der Waals surface area contributed by atoms with Gasteiger partial charge in [-0.25, -0.2) is 0 Å². The van der Waals surface area contributed by atoms with Crippen molar-refractivity contribution in [1.82, 2.24) is 25.0 Å². The average molecular weight is 414 g/mol. The summed E-state index contributed by atoms with van der Waals surface area (Å²) in [7, 11) is 3.55. The summed E-state index contributed by atoms with van der Waals surface area (Å²) >= 11 is 7.64. The Balaban J connectivity index is 1.51. The summed E-state index contributed by atoms with van der Waals surface area (Å²) in [6.45, 7) is 0. The van der Waals surface area contributed by atoms with Crippen molar-refractivity contribution < 1.29 is 9.15 Å². The lowest BCUT2D eigenvalue weighted by molar-refractivity contribution is 0.416. The molecule has 0 saturated heterocycles. The molecule has 7 nitrogen and oxygen atoms in total. The van der Waals surface area contributed by atoms with Crippen molar-refractivity contribution in [3.8, 4) is 28.6 Å². The SMILES string of the molecule is COc1ccccc1-c1nnc(SCc2nnc(-c3ccccc3Cl)o2)n1C. The zero-order valence-corrected chi connectivity index (χ0v) is 16.7. The molecule has 0 bridgehead atoms. The number of ether oxygens (including phenoxy) is 1. The third-order valence-electron chi connectivity index (χ3n) is 4.08. The van der Waals surface area contributed by atoms with Crippen molar-refractivity contribution in [2.24, 2.45) is 7.05 Å². The van der Waals surface area contributed by atoms with Crippen LogP contribution in [0.2, 0.25) is 5.02 Å². The van der Waals surface area contributed by atoms with Crippen LogP contribution in [-0.2, 0) is 12.8 Å². The summed E-state index contributed by atoms with van der Waals surface area (Å²) in [5, 5.41) is 18.1. The fraction of sp³-hybridized carbons (Fsp3) is 0.158. The predicted octanol–water partition coefficient (Wildman–Crippen LogP) is 4.49. The maximum absolute atomic E-state index is 6.18. The van der Waals surface area contributed by atoms with Crippen molar-refractivity contribution in [3.05, 3.63) is 59.4 Å². The number of rotatable bonds is 6. The second-order valence-electron chi connectivity index (χ2n) is 5.83. The quantitative estimate of drug-likeness (QED) is 0.431. The normalized spacial score (nSPS) is 11.0. The number of thioether (sulfide) groups is 1. The van der Waals surface area contributed by atoms with Crippen LogP contribution in [0.15, 0.2) is 58.1 Å². The van der Waals surface area contributed by atoms with Gasteiger partial charge in [-0.2, -0.15) is 0 Å². The van der Waals surface area contributed by atoms with Crippen molar-refractivity contribution in [1.29, 1.82) is 0 Å². The molecule has 28 heavy (non-hydrogen) atoms.